The molecule has 0 spiro atoms. The molecule has 25 heavy (non-hydrogen) atoms. The highest BCUT2D eigenvalue weighted by molar-refractivity contribution is 5.71. The van der Waals surface area contributed by atoms with Crippen molar-refractivity contribution in [1.29, 1.82) is 0 Å². The summed E-state index contributed by atoms with van der Waals surface area (Å²) in [7, 11) is 0. The van der Waals surface area contributed by atoms with E-state index in [2.05, 4.69) is 40.3 Å². The average molecular weight is 338 g/mol. The Kier molecular flexibility index (Phi) is 4.34. The third-order valence-electron chi connectivity index (χ3n) is 5.63. The van der Waals surface area contributed by atoms with Gasteiger partial charge < -0.3 is 15.3 Å². The molecule has 132 valence electrons. The van der Waals surface area contributed by atoms with E-state index in [1.165, 1.54) is 12.8 Å². The number of nitrogens with zero attached hydrogens (tertiary/aromatic N) is 3. The summed E-state index contributed by atoms with van der Waals surface area (Å²) in [5.41, 5.74) is 2.63. The minimum absolute atomic E-state index is 0.271. The molecule has 0 saturated carbocycles. The van der Waals surface area contributed by atoms with Crippen LogP contribution in [0.25, 0.3) is 11.3 Å². The summed E-state index contributed by atoms with van der Waals surface area (Å²) in [6.45, 7) is 6.53. The Labute approximate surface area is 149 Å². The van der Waals surface area contributed by atoms with E-state index >= 15 is 0 Å². The minimum atomic E-state index is 0.271. The lowest BCUT2D eigenvalue weighted by molar-refractivity contribution is 0.310. The lowest BCUT2D eigenvalue weighted by Gasteiger charge is -2.35. The standard InChI is InChI=1S/C20H26N4O/c1-3-14-5-4-6-18(25)20(14)16-7-8-19(23-22-16)24-10-9-15-17(24)11-13(2)12-21-15/h4-8,13,15,17,21,25H,3,9-12H2,1-2H3/t13?,15-,17+/m0/s1. The van der Waals surface area contributed by atoms with Crippen molar-refractivity contribution in [3.63, 3.8) is 0 Å². The fourth-order valence-electron chi connectivity index (χ4n) is 4.30. The van der Waals surface area contributed by atoms with Crippen molar-refractivity contribution in [2.45, 2.75) is 45.2 Å². The number of hydrogen-bond acceptors (Lipinski definition) is 5. The second-order valence-electron chi connectivity index (χ2n) is 7.35. The first kappa shape index (κ1) is 16.3. The number of phenolic OH excluding ortho intramolecular Hbond substituents is 1. The summed E-state index contributed by atoms with van der Waals surface area (Å²) >= 11 is 0. The van der Waals surface area contributed by atoms with Gasteiger partial charge in [-0.05, 0) is 55.5 Å². The highest BCUT2D eigenvalue weighted by Gasteiger charge is 2.38. The Morgan fingerprint density at radius 2 is 2.12 bits per heavy atom. The molecule has 0 radical (unpaired) electrons. The van der Waals surface area contributed by atoms with Crippen LogP contribution < -0.4 is 10.2 Å². The Morgan fingerprint density at radius 3 is 2.88 bits per heavy atom. The second-order valence-corrected chi connectivity index (χ2v) is 7.35. The maximum atomic E-state index is 10.3. The monoisotopic (exact) mass is 338 g/mol. The highest BCUT2D eigenvalue weighted by Crippen LogP contribution is 2.34. The molecule has 2 aromatic rings. The number of benzene rings is 1. The van der Waals surface area contributed by atoms with E-state index in [0.29, 0.717) is 18.0 Å². The predicted molar refractivity (Wildman–Crippen MR) is 99.8 cm³/mol. The van der Waals surface area contributed by atoms with E-state index in [1.54, 1.807) is 6.07 Å². The molecule has 2 aliphatic rings. The number of rotatable bonds is 3. The van der Waals surface area contributed by atoms with Crippen molar-refractivity contribution in [3.8, 4) is 17.0 Å². The van der Waals surface area contributed by atoms with E-state index < -0.39 is 0 Å². The van der Waals surface area contributed by atoms with Gasteiger partial charge in [0.15, 0.2) is 5.82 Å². The number of aryl methyl sites for hydroxylation is 1. The number of aromatic nitrogens is 2. The van der Waals surface area contributed by atoms with Crippen molar-refractivity contribution in [2.24, 2.45) is 5.92 Å². The molecule has 4 rings (SSSR count). The molecule has 2 fully saturated rings. The van der Waals surface area contributed by atoms with Gasteiger partial charge in [0.2, 0.25) is 0 Å². The van der Waals surface area contributed by atoms with Crippen LogP contribution in [0.4, 0.5) is 5.82 Å². The summed E-state index contributed by atoms with van der Waals surface area (Å²) in [4.78, 5) is 2.40. The summed E-state index contributed by atoms with van der Waals surface area (Å²) in [6.07, 6.45) is 3.23. The molecule has 1 unspecified atom stereocenters. The van der Waals surface area contributed by atoms with E-state index in [-0.39, 0.29) is 5.75 Å². The van der Waals surface area contributed by atoms with E-state index in [4.69, 9.17) is 0 Å². The molecule has 2 N–H and O–H groups in total. The molecule has 0 amide bonds. The molecule has 1 aromatic heterocycles. The number of phenols is 1. The molecule has 1 aromatic carbocycles. The lowest BCUT2D eigenvalue weighted by atomic mass is 9.92. The van der Waals surface area contributed by atoms with Crippen LogP contribution in [0.1, 0.15) is 32.3 Å². The van der Waals surface area contributed by atoms with Crippen LogP contribution in [-0.4, -0.2) is 40.5 Å². The molecule has 0 aliphatic carbocycles. The number of anilines is 1. The molecule has 2 saturated heterocycles. The van der Waals surface area contributed by atoms with Gasteiger partial charge in [-0.15, -0.1) is 10.2 Å². The van der Waals surface area contributed by atoms with Crippen LogP contribution >= 0.6 is 0 Å². The summed E-state index contributed by atoms with van der Waals surface area (Å²) in [5, 5.41) is 22.9. The van der Waals surface area contributed by atoms with Crippen LogP contribution in [0.5, 0.6) is 5.75 Å². The van der Waals surface area contributed by atoms with Crippen LogP contribution in [0.15, 0.2) is 30.3 Å². The Morgan fingerprint density at radius 1 is 1.24 bits per heavy atom. The van der Waals surface area contributed by atoms with Crippen molar-refractivity contribution >= 4 is 5.82 Å². The maximum absolute atomic E-state index is 10.3. The normalized spacial score (nSPS) is 25.8. The first-order chi connectivity index (χ1) is 12.2. The van der Waals surface area contributed by atoms with Gasteiger partial charge in [-0.2, -0.15) is 0 Å². The summed E-state index contributed by atoms with van der Waals surface area (Å²) in [6, 6.07) is 10.7. The number of nitrogens with one attached hydrogen (secondary N) is 1. The number of piperidine rings is 1. The molecule has 5 nitrogen and oxygen atoms in total. The van der Waals surface area contributed by atoms with Gasteiger partial charge in [0.25, 0.3) is 0 Å². The predicted octanol–water partition coefficient (Wildman–Crippen LogP) is 2.99. The molecule has 2 aliphatic heterocycles. The lowest BCUT2D eigenvalue weighted by Crippen LogP contribution is -2.50. The van der Waals surface area contributed by atoms with Gasteiger partial charge in [0.05, 0.1) is 5.69 Å². The maximum Gasteiger partial charge on any atom is 0.151 e. The van der Waals surface area contributed by atoms with Crippen LogP contribution in [0, 0.1) is 5.92 Å². The van der Waals surface area contributed by atoms with Crippen LogP contribution in [0.3, 0.4) is 0 Å². The third-order valence-corrected chi connectivity index (χ3v) is 5.63. The van der Waals surface area contributed by atoms with Gasteiger partial charge in [-0.1, -0.05) is 26.0 Å². The van der Waals surface area contributed by atoms with Crippen molar-refractivity contribution in [3.05, 3.63) is 35.9 Å². The Hall–Kier alpha value is -2.14. The van der Waals surface area contributed by atoms with E-state index in [9.17, 15) is 5.11 Å². The fraction of sp³-hybridized carbons (Fsp3) is 0.500. The smallest absolute Gasteiger partial charge is 0.151 e. The summed E-state index contributed by atoms with van der Waals surface area (Å²) < 4.78 is 0. The third kappa shape index (κ3) is 2.97. The molecule has 3 atom stereocenters. The molecule has 0 bridgehead atoms. The van der Waals surface area contributed by atoms with Crippen molar-refractivity contribution < 1.29 is 5.11 Å². The van der Waals surface area contributed by atoms with Crippen molar-refractivity contribution in [1.82, 2.24) is 15.5 Å². The topological polar surface area (TPSA) is 61.3 Å². The zero-order valence-electron chi connectivity index (χ0n) is 14.9. The minimum Gasteiger partial charge on any atom is -0.507 e. The molecular weight excluding hydrogens is 312 g/mol. The van der Waals surface area contributed by atoms with Gasteiger partial charge in [-0.3, -0.25) is 0 Å². The quantitative estimate of drug-likeness (QED) is 0.901. The van der Waals surface area contributed by atoms with Gasteiger partial charge in [-0.25, -0.2) is 0 Å². The molecule has 3 heterocycles. The largest absolute Gasteiger partial charge is 0.507 e. The fourth-order valence-corrected chi connectivity index (χ4v) is 4.30. The Bertz CT molecular complexity index is 746. The number of hydrogen-bond donors (Lipinski definition) is 2. The van der Waals surface area contributed by atoms with Crippen molar-refractivity contribution in [2.75, 3.05) is 18.0 Å². The second kappa shape index (κ2) is 6.64. The van der Waals surface area contributed by atoms with Crippen LogP contribution in [-0.2, 0) is 6.42 Å². The summed E-state index contributed by atoms with van der Waals surface area (Å²) in [5.74, 6) is 1.91. The van der Waals surface area contributed by atoms with Gasteiger partial charge in [0.1, 0.15) is 5.75 Å². The first-order valence-corrected chi connectivity index (χ1v) is 9.32. The first-order valence-electron chi connectivity index (χ1n) is 9.32. The van der Waals surface area contributed by atoms with E-state index in [1.807, 2.05) is 18.2 Å². The number of fused-ring (bicyclic) bond motifs is 1. The highest BCUT2D eigenvalue weighted by atomic mass is 16.3. The zero-order chi connectivity index (χ0) is 17.4. The number of aromatic hydroxyl groups is 1. The molecule has 5 heteroatoms. The van der Waals surface area contributed by atoms with Gasteiger partial charge in [0, 0.05) is 24.2 Å². The molecular formula is C20H26N4O. The van der Waals surface area contributed by atoms with Crippen LogP contribution in [0.2, 0.25) is 0 Å². The average Bonchev–Trinajstić information content (AvgIpc) is 3.04. The zero-order valence-corrected chi connectivity index (χ0v) is 14.9. The Balaban J connectivity index is 1.61. The van der Waals surface area contributed by atoms with E-state index in [0.717, 1.165) is 42.1 Å². The van der Waals surface area contributed by atoms with Gasteiger partial charge >= 0.3 is 0 Å². The SMILES string of the molecule is CCc1cccc(O)c1-c1ccc(N2CC[C@@H]3NCC(C)C[C@H]32)nn1.